The molecule has 2 bridgehead atoms. The number of likely N-dealkylation sites (tertiary alicyclic amines) is 2. The number of nitrogens with one attached hydrogen (secondary N) is 2. The predicted octanol–water partition coefficient (Wildman–Crippen LogP) is 6.84. The van der Waals surface area contributed by atoms with Crippen molar-refractivity contribution in [1.29, 1.82) is 0 Å². The zero-order chi connectivity index (χ0) is 52.2. The Balaban J connectivity index is 0.628. The first-order chi connectivity index (χ1) is 36.1. The summed E-state index contributed by atoms with van der Waals surface area (Å²) in [5.74, 6) is 0.894. The van der Waals surface area contributed by atoms with Crippen LogP contribution in [0.15, 0.2) is 72.5 Å². The number of benzene rings is 2. The Bertz CT molecular complexity index is 2850. The molecule has 11 rings (SSSR count). The fraction of sp³-hybridized carbons (Fsp3) is 0.544. The van der Waals surface area contributed by atoms with Crippen molar-refractivity contribution >= 4 is 46.5 Å². The maximum atomic E-state index is 14.3. The molecule has 5 aromatic rings. The maximum Gasteiger partial charge on any atom is 0.246 e. The SMILES string of the molecule is Cc1ncsc1-c1ccc(CNC(=O)[C@@H]2C[C@@H](O)CN2C(=O)[C@@H](NC(=O)[C@H]2CC3(CC[C@H](N4CCC(c5cnc(N6C7CCC6CN(c6cc(-c8ccccc8O)nnc6N)C7)nc5)CC4)CC3)C2)C(C)(C)C)cc1. The van der Waals surface area contributed by atoms with Crippen LogP contribution in [-0.4, -0.2) is 132 Å². The Kier molecular flexibility index (Phi) is 14.1. The number of aromatic hydroxyl groups is 1. The van der Waals surface area contributed by atoms with Gasteiger partial charge in [-0.05, 0) is 136 Å². The van der Waals surface area contributed by atoms with Gasteiger partial charge in [0.05, 0.1) is 33.6 Å². The second-order valence-electron chi connectivity index (χ2n) is 23.6. The molecule has 75 heavy (non-hydrogen) atoms. The maximum absolute atomic E-state index is 14.3. The Morgan fingerprint density at radius 2 is 1.56 bits per heavy atom. The van der Waals surface area contributed by atoms with E-state index in [2.05, 4.69) is 52.9 Å². The highest BCUT2D eigenvalue weighted by atomic mass is 32.1. The Labute approximate surface area is 443 Å². The van der Waals surface area contributed by atoms with Gasteiger partial charge in [0.15, 0.2) is 5.82 Å². The molecule has 396 valence electrons. The van der Waals surface area contributed by atoms with Gasteiger partial charge in [-0.2, -0.15) is 0 Å². The van der Waals surface area contributed by atoms with Gasteiger partial charge >= 0.3 is 0 Å². The number of hydrogen-bond donors (Lipinski definition) is 5. The number of nitrogen functional groups attached to an aromatic ring is 1. The molecule has 6 N–H and O–H groups in total. The highest BCUT2D eigenvalue weighted by Crippen LogP contribution is 2.56. The van der Waals surface area contributed by atoms with Crippen molar-refractivity contribution < 1.29 is 24.6 Å². The average Bonchev–Trinajstić information content (AvgIpc) is 4.10. The number of carbonyl (C=O) groups excluding carboxylic acids is 3. The van der Waals surface area contributed by atoms with Crippen molar-refractivity contribution in [3.8, 4) is 27.4 Å². The number of piperazine rings is 1. The Morgan fingerprint density at radius 3 is 2.21 bits per heavy atom. The van der Waals surface area contributed by atoms with E-state index in [1.54, 1.807) is 23.5 Å². The van der Waals surface area contributed by atoms with Crippen LogP contribution in [0.1, 0.15) is 114 Å². The minimum absolute atomic E-state index is 0.0468. The number of nitrogens with two attached hydrogens (primary N) is 1. The first kappa shape index (κ1) is 50.9. The minimum atomic E-state index is -0.838. The molecule has 1 spiro atoms. The number of aromatic nitrogens is 5. The summed E-state index contributed by atoms with van der Waals surface area (Å²) in [5.41, 5.74) is 14.0. The summed E-state index contributed by atoms with van der Waals surface area (Å²) in [7, 11) is 0. The van der Waals surface area contributed by atoms with E-state index in [0.717, 1.165) is 124 Å². The highest BCUT2D eigenvalue weighted by Gasteiger charge is 2.51. The van der Waals surface area contributed by atoms with Crippen LogP contribution in [0.25, 0.3) is 21.7 Å². The van der Waals surface area contributed by atoms with Crippen LogP contribution >= 0.6 is 11.3 Å². The van der Waals surface area contributed by atoms with Gasteiger partial charge in [-0.1, -0.05) is 57.2 Å². The lowest BCUT2D eigenvalue weighted by Crippen LogP contribution is -2.59. The van der Waals surface area contributed by atoms with E-state index in [1.807, 2.05) is 75.7 Å². The van der Waals surface area contributed by atoms with Gasteiger partial charge in [0, 0.05) is 74.6 Å². The molecule has 2 aromatic carbocycles. The van der Waals surface area contributed by atoms with E-state index < -0.39 is 23.6 Å². The Hall–Kier alpha value is -6.24. The van der Waals surface area contributed by atoms with E-state index in [4.69, 9.17) is 15.7 Å². The number of rotatable bonds is 12. The minimum Gasteiger partial charge on any atom is -0.507 e. The number of carbonyl (C=O) groups is 3. The molecule has 5 atom stereocenters. The molecule has 17 nitrogen and oxygen atoms in total. The number of para-hydroxylation sites is 1. The topological polar surface area (TPSA) is 219 Å². The van der Waals surface area contributed by atoms with Crippen molar-refractivity contribution in [2.45, 2.75) is 147 Å². The predicted molar refractivity (Wildman–Crippen MR) is 290 cm³/mol. The van der Waals surface area contributed by atoms with Gasteiger partial charge in [-0.25, -0.2) is 15.0 Å². The molecule has 3 amide bonds. The molecule has 2 unspecified atom stereocenters. The van der Waals surface area contributed by atoms with E-state index in [9.17, 15) is 24.6 Å². The van der Waals surface area contributed by atoms with Gasteiger partial charge in [0.2, 0.25) is 23.7 Å². The molecule has 18 heteroatoms. The number of hydrogen-bond acceptors (Lipinski definition) is 15. The molecule has 6 fully saturated rings. The zero-order valence-electron chi connectivity index (χ0n) is 43.7. The number of phenols is 1. The summed E-state index contributed by atoms with van der Waals surface area (Å²) in [4.78, 5) is 66.2. The van der Waals surface area contributed by atoms with Crippen molar-refractivity contribution in [1.82, 2.24) is 45.6 Å². The van der Waals surface area contributed by atoms with Crippen molar-refractivity contribution in [3.05, 3.63) is 89.3 Å². The van der Waals surface area contributed by atoms with Crippen molar-refractivity contribution in [3.63, 3.8) is 0 Å². The molecular weight excluding hydrogens is 965 g/mol. The van der Waals surface area contributed by atoms with Crippen LogP contribution < -0.4 is 26.2 Å². The molecule has 6 aliphatic rings. The number of aliphatic hydroxyl groups is 1. The van der Waals surface area contributed by atoms with Gasteiger partial charge in [0.1, 0.15) is 17.8 Å². The molecule has 4 aliphatic heterocycles. The second kappa shape index (κ2) is 20.7. The highest BCUT2D eigenvalue weighted by molar-refractivity contribution is 7.13. The van der Waals surface area contributed by atoms with Crippen LogP contribution in [0, 0.1) is 23.7 Å². The third-order valence-electron chi connectivity index (χ3n) is 17.6. The number of fused-ring (bicyclic) bond motifs is 2. The number of β-amino-alcohol motifs (C(OH)–C–C–N with tert-alkyl or cyclic N) is 1. The number of aliphatic hydroxyl groups excluding tert-OH is 1. The van der Waals surface area contributed by atoms with Gasteiger partial charge < -0.3 is 46.2 Å². The van der Waals surface area contributed by atoms with Crippen LogP contribution in [0.5, 0.6) is 5.75 Å². The van der Waals surface area contributed by atoms with Gasteiger partial charge in [-0.3, -0.25) is 14.4 Å². The molecular formula is C57H72N12O5S. The number of aryl methyl sites for hydroxylation is 1. The van der Waals surface area contributed by atoms with E-state index in [1.165, 1.54) is 10.5 Å². The van der Waals surface area contributed by atoms with Crippen molar-refractivity contribution in [2.75, 3.05) is 48.3 Å². The standard InChI is InChI=1S/C57H72N12O5S/c1-34-49(75-33-62-34)37-11-9-35(10-12-37)27-59-53(73)47-23-43(70)32-68(47)54(74)50(56(2,3)4)63-52(72)38-25-57(26-38)19-15-40(16-20-57)66-21-17-36(18-22-66)39-28-60-55(61-29-39)69-41-13-14-42(69)31-67(30-41)46-24-45(64-65-51(46)58)44-7-5-6-8-48(44)71/h5-12,24,28-29,33,36,38,40-43,47,50,70-71H,13-23,25-27,30-32H2,1-4H3,(H2,58,65)(H,59,73)(H,63,72)/t38-,40-,41?,42?,43-,47+,50-,57?/m1/s1. The molecule has 2 aliphatic carbocycles. The smallest absolute Gasteiger partial charge is 0.246 e. The van der Waals surface area contributed by atoms with E-state index >= 15 is 0 Å². The number of amides is 3. The summed E-state index contributed by atoms with van der Waals surface area (Å²) < 4.78 is 0. The van der Waals surface area contributed by atoms with Crippen LogP contribution in [-0.2, 0) is 20.9 Å². The molecule has 7 heterocycles. The normalized spacial score (nSPS) is 26.5. The lowest BCUT2D eigenvalue weighted by atomic mass is 9.55. The van der Waals surface area contributed by atoms with Crippen molar-refractivity contribution in [2.24, 2.45) is 16.7 Å². The third kappa shape index (κ3) is 10.4. The van der Waals surface area contributed by atoms with E-state index in [0.29, 0.717) is 35.6 Å². The first-order valence-electron chi connectivity index (χ1n) is 27.2. The van der Waals surface area contributed by atoms with E-state index in [-0.39, 0.29) is 59.9 Å². The average molecular weight is 1040 g/mol. The quantitative estimate of drug-likeness (QED) is 0.0865. The zero-order valence-corrected chi connectivity index (χ0v) is 44.5. The van der Waals surface area contributed by atoms with Gasteiger partial charge in [-0.15, -0.1) is 21.5 Å². The fourth-order valence-corrected chi connectivity index (χ4v) is 14.2. The number of phenolic OH excluding ortho intramolecular Hbond substituents is 1. The largest absolute Gasteiger partial charge is 0.507 e. The summed E-state index contributed by atoms with van der Waals surface area (Å²) in [6.07, 6.45) is 13.9. The summed E-state index contributed by atoms with van der Waals surface area (Å²) in [6.45, 7) is 11.8. The fourth-order valence-electron chi connectivity index (χ4n) is 13.4. The molecule has 3 aromatic heterocycles. The number of anilines is 3. The lowest BCUT2D eigenvalue weighted by molar-refractivity contribution is -0.146. The third-order valence-corrected chi connectivity index (χ3v) is 18.6. The monoisotopic (exact) mass is 1040 g/mol. The van der Waals surface area contributed by atoms with Gasteiger partial charge in [0.25, 0.3) is 0 Å². The summed E-state index contributed by atoms with van der Waals surface area (Å²) in [6, 6.07) is 16.5. The number of piperidine rings is 1. The van der Waals surface area contributed by atoms with Crippen LogP contribution in [0.2, 0.25) is 0 Å². The lowest BCUT2D eigenvalue weighted by Gasteiger charge is -2.53. The first-order valence-corrected chi connectivity index (χ1v) is 28.0. The number of nitrogens with zero attached hydrogens (tertiary/aromatic N) is 9. The molecule has 4 saturated heterocycles. The molecule has 2 saturated carbocycles. The summed E-state index contributed by atoms with van der Waals surface area (Å²) >= 11 is 1.59. The molecule has 0 radical (unpaired) electrons. The number of thiazole rings is 1. The van der Waals surface area contributed by atoms with Crippen LogP contribution in [0.3, 0.4) is 0 Å². The summed E-state index contributed by atoms with van der Waals surface area (Å²) in [5, 5.41) is 35.9. The van der Waals surface area contributed by atoms with Crippen LogP contribution in [0.4, 0.5) is 17.5 Å². The Morgan fingerprint density at radius 1 is 0.867 bits per heavy atom. The second-order valence-corrected chi connectivity index (χ2v) is 24.4.